The Labute approximate surface area is 136 Å². The maximum atomic E-state index is 10.1. The van der Waals surface area contributed by atoms with Crippen molar-refractivity contribution < 1.29 is 9.90 Å². The van der Waals surface area contributed by atoms with Gasteiger partial charge in [-0.1, -0.05) is 65.2 Å². The van der Waals surface area contributed by atoms with Gasteiger partial charge in [0.25, 0.3) is 0 Å². The second kappa shape index (κ2) is 21.2. The molecular weight excluding hydrogens is 318 g/mol. The molecule has 0 spiro atoms. The lowest BCUT2D eigenvalue weighted by Crippen LogP contribution is -2.08. The fourth-order valence-corrected chi connectivity index (χ4v) is 1.58. The predicted molar refractivity (Wildman–Crippen MR) is 92.1 cm³/mol. The minimum Gasteiger partial charge on any atom is -0.310 e. The van der Waals surface area contributed by atoms with E-state index in [9.17, 15) is 9.90 Å². The molecule has 123 valence electrons. The highest BCUT2D eigenvalue weighted by atomic mass is 79.9. The van der Waals surface area contributed by atoms with Crippen LogP contribution in [0.15, 0.2) is 0 Å². The Morgan fingerprint density at radius 2 is 1.15 bits per heavy atom. The second-order valence-electron chi connectivity index (χ2n) is 5.35. The molecule has 3 nitrogen and oxygen atoms in total. The third-order valence-electron chi connectivity index (χ3n) is 3.12. The summed E-state index contributed by atoms with van der Waals surface area (Å²) in [4.78, 5) is 12.2. The van der Waals surface area contributed by atoms with E-state index in [1.165, 1.54) is 44.9 Å². The van der Waals surface area contributed by atoms with Gasteiger partial charge in [0.15, 0.2) is 0 Å². The lowest BCUT2D eigenvalue weighted by molar-refractivity contribution is -0.143. The number of unbranched alkanes of at least 4 members (excludes halogenated alkanes) is 8. The van der Waals surface area contributed by atoms with Gasteiger partial charge in [-0.2, -0.15) is 0 Å². The van der Waals surface area contributed by atoms with Gasteiger partial charge in [-0.05, 0) is 27.1 Å². The van der Waals surface area contributed by atoms with Crippen LogP contribution in [0.1, 0.15) is 78.1 Å². The van der Waals surface area contributed by atoms with E-state index in [0.29, 0.717) is 0 Å². The molecule has 0 bridgehead atoms. The number of carbonyl (C=O) groups excluding carboxylic acids is 1. The van der Waals surface area contributed by atoms with Crippen LogP contribution in [-0.2, 0) is 9.90 Å². The van der Waals surface area contributed by atoms with Crippen molar-refractivity contribution in [2.75, 3.05) is 20.6 Å². The van der Waals surface area contributed by atoms with E-state index in [2.05, 4.69) is 32.8 Å². The summed E-state index contributed by atoms with van der Waals surface area (Å²) < 4.78 is 0. The maximum absolute atomic E-state index is 10.1. The standard InChI is InChI=1S/C12H23O2.C4H11N.BrH/c1-2-3-4-5-6-7-8-9-10-11-12(13)14;1-4-5(2)3;/h2-11H2,1H3;4H2,1-3H3;1H. The summed E-state index contributed by atoms with van der Waals surface area (Å²) in [5.41, 5.74) is 0. The van der Waals surface area contributed by atoms with Crippen LogP contribution in [0.4, 0.5) is 0 Å². The van der Waals surface area contributed by atoms with Crippen molar-refractivity contribution in [3.63, 3.8) is 0 Å². The maximum Gasteiger partial charge on any atom is 0.355 e. The third kappa shape index (κ3) is 30.7. The second-order valence-corrected chi connectivity index (χ2v) is 5.35. The van der Waals surface area contributed by atoms with Gasteiger partial charge in [0.05, 0.1) is 6.42 Å². The van der Waals surface area contributed by atoms with Crippen LogP contribution in [0.3, 0.4) is 0 Å². The average molecular weight is 353 g/mol. The van der Waals surface area contributed by atoms with Crippen molar-refractivity contribution in [2.45, 2.75) is 78.1 Å². The zero-order chi connectivity index (χ0) is 14.9. The van der Waals surface area contributed by atoms with Crippen molar-refractivity contribution in [3.8, 4) is 0 Å². The van der Waals surface area contributed by atoms with Crippen LogP contribution < -0.4 is 0 Å². The molecule has 0 aliphatic rings. The average Bonchev–Trinajstić information content (AvgIpc) is 2.37. The van der Waals surface area contributed by atoms with Crippen molar-refractivity contribution in [3.05, 3.63) is 0 Å². The number of hydrogen-bond acceptors (Lipinski definition) is 2. The lowest BCUT2D eigenvalue weighted by Gasteiger charge is -2.00. The molecule has 0 amide bonds. The number of halogens is 1. The molecule has 0 aromatic carbocycles. The molecular formula is C16H35BrNO2. The fourth-order valence-electron chi connectivity index (χ4n) is 1.58. The monoisotopic (exact) mass is 352 g/mol. The molecule has 4 heteroatoms. The van der Waals surface area contributed by atoms with Crippen LogP contribution in [0.25, 0.3) is 0 Å². The normalized spacial score (nSPS) is 9.65. The first kappa shape index (κ1) is 24.9. The fraction of sp³-hybridized carbons (Fsp3) is 0.938. The molecule has 0 fully saturated rings. The lowest BCUT2D eigenvalue weighted by atomic mass is 10.1. The van der Waals surface area contributed by atoms with Crippen LogP contribution in [0.2, 0.25) is 0 Å². The molecule has 0 N–H and O–H groups in total. The van der Waals surface area contributed by atoms with E-state index in [1.54, 1.807) is 0 Å². The molecule has 0 aliphatic carbocycles. The summed E-state index contributed by atoms with van der Waals surface area (Å²) in [6, 6.07) is 0. The highest BCUT2D eigenvalue weighted by molar-refractivity contribution is 8.93. The largest absolute Gasteiger partial charge is 0.355 e. The number of carbonyl (C=O) groups is 1. The zero-order valence-electron chi connectivity index (χ0n) is 14.0. The summed E-state index contributed by atoms with van der Waals surface area (Å²) in [5.74, 6) is -0.909. The van der Waals surface area contributed by atoms with Crippen molar-refractivity contribution in [2.24, 2.45) is 0 Å². The van der Waals surface area contributed by atoms with E-state index < -0.39 is 5.97 Å². The zero-order valence-corrected chi connectivity index (χ0v) is 15.7. The minimum absolute atomic E-state index is 0. The van der Waals surface area contributed by atoms with Crippen molar-refractivity contribution >= 4 is 23.0 Å². The molecule has 0 rings (SSSR count). The molecule has 0 unspecified atom stereocenters. The van der Waals surface area contributed by atoms with Gasteiger partial charge in [-0.15, -0.1) is 17.0 Å². The van der Waals surface area contributed by atoms with E-state index in [-0.39, 0.29) is 23.4 Å². The van der Waals surface area contributed by atoms with Crippen LogP contribution in [-0.4, -0.2) is 31.5 Å². The molecule has 0 saturated carbocycles. The van der Waals surface area contributed by atoms with Gasteiger partial charge in [0, 0.05) is 0 Å². The summed E-state index contributed by atoms with van der Waals surface area (Å²) in [7, 11) is 4.11. The van der Waals surface area contributed by atoms with Crippen molar-refractivity contribution in [1.82, 2.24) is 4.90 Å². The van der Waals surface area contributed by atoms with Gasteiger partial charge in [0.1, 0.15) is 0 Å². The smallest absolute Gasteiger partial charge is 0.310 e. The first-order valence-electron chi connectivity index (χ1n) is 7.89. The van der Waals surface area contributed by atoms with E-state index in [4.69, 9.17) is 0 Å². The Kier molecular flexibility index (Phi) is 26.4. The van der Waals surface area contributed by atoms with Crippen LogP contribution >= 0.6 is 17.0 Å². The van der Waals surface area contributed by atoms with Gasteiger partial charge in [-0.3, -0.25) is 0 Å². The number of hydrogen-bond donors (Lipinski definition) is 0. The van der Waals surface area contributed by atoms with Gasteiger partial charge >= 0.3 is 5.97 Å². The van der Waals surface area contributed by atoms with Crippen molar-refractivity contribution in [1.29, 1.82) is 0 Å². The van der Waals surface area contributed by atoms with Gasteiger partial charge in [-0.25, -0.2) is 9.90 Å². The topological polar surface area (TPSA) is 40.2 Å². The molecule has 0 aromatic rings. The van der Waals surface area contributed by atoms with E-state index in [0.717, 1.165) is 19.4 Å². The van der Waals surface area contributed by atoms with Crippen LogP contribution in [0.5, 0.6) is 0 Å². The summed E-state index contributed by atoms with van der Waals surface area (Å²) >= 11 is 0. The predicted octanol–water partition coefficient (Wildman–Crippen LogP) is 5.01. The number of rotatable bonds is 11. The third-order valence-corrected chi connectivity index (χ3v) is 3.12. The Morgan fingerprint density at radius 3 is 1.45 bits per heavy atom. The SMILES string of the molecule is Br.CCCCCCCCCCCC([O])=O.CCN(C)C. The Balaban J connectivity index is -0.000000414. The molecule has 20 heavy (non-hydrogen) atoms. The molecule has 0 aliphatic heterocycles. The Hall–Kier alpha value is -0.0900. The summed E-state index contributed by atoms with van der Waals surface area (Å²) in [6.07, 6.45) is 11.2. The van der Waals surface area contributed by atoms with Gasteiger partial charge < -0.3 is 4.90 Å². The highest BCUT2D eigenvalue weighted by Gasteiger charge is 1.98. The molecule has 0 aromatic heterocycles. The Bertz CT molecular complexity index is 187. The molecule has 1 radical (unpaired) electrons. The summed E-state index contributed by atoms with van der Waals surface area (Å²) in [6.45, 7) is 5.49. The van der Waals surface area contributed by atoms with Crippen LogP contribution in [0, 0.1) is 0 Å². The first-order chi connectivity index (χ1) is 9.04. The molecule has 0 saturated heterocycles. The van der Waals surface area contributed by atoms with E-state index >= 15 is 0 Å². The highest BCUT2D eigenvalue weighted by Crippen LogP contribution is 2.10. The minimum atomic E-state index is -0.909. The quantitative estimate of drug-likeness (QED) is 0.490. The molecule has 0 heterocycles. The Morgan fingerprint density at radius 1 is 0.800 bits per heavy atom. The first-order valence-corrected chi connectivity index (χ1v) is 7.89. The summed E-state index contributed by atoms with van der Waals surface area (Å²) in [5, 5.41) is 10.1. The number of nitrogens with zero attached hydrogens (tertiary/aromatic N) is 1. The molecule has 0 atom stereocenters. The van der Waals surface area contributed by atoms with E-state index in [1.807, 2.05) is 0 Å². The van der Waals surface area contributed by atoms with Gasteiger partial charge in [0.2, 0.25) is 0 Å².